The van der Waals surface area contributed by atoms with E-state index >= 15 is 0 Å². The first-order chi connectivity index (χ1) is 7.90. The molecule has 92 valence electrons. The average molecular weight is 246 g/mol. The molecule has 6 heteroatoms. The summed E-state index contributed by atoms with van der Waals surface area (Å²) in [5.74, 6) is 0. The Labute approximate surface area is 94.6 Å². The van der Waals surface area contributed by atoms with Crippen molar-refractivity contribution in [1.29, 1.82) is 0 Å². The minimum atomic E-state index is -4.38. The van der Waals surface area contributed by atoms with Gasteiger partial charge in [0.1, 0.15) is 13.2 Å². The van der Waals surface area contributed by atoms with Crippen LogP contribution < -0.4 is 5.73 Å². The number of aromatic nitrogens is 1. The lowest BCUT2D eigenvalue weighted by molar-refractivity contribution is -0.140. The van der Waals surface area contributed by atoms with E-state index in [4.69, 9.17) is 5.73 Å². The molecule has 1 heterocycles. The fraction of sp³-hybridized carbons (Fsp3) is 0.273. The molecule has 2 nitrogen and oxygen atoms in total. The summed E-state index contributed by atoms with van der Waals surface area (Å²) in [4.78, 5) is 0. The summed E-state index contributed by atoms with van der Waals surface area (Å²) in [7, 11) is 0. The molecular formula is C11H10F4N2. The van der Waals surface area contributed by atoms with Gasteiger partial charge in [0.15, 0.2) is 0 Å². The normalized spacial score (nSPS) is 12.2. The van der Waals surface area contributed by atoms with Gasteiger partial charge in [0.2, 0.25) is 0 Å². The highest BCUT2D eigenvalue weighted by Crippen LogP contribution is 2.27. The summed E-state index contributed by atoms with van der Waals surface area (Å²) < 4.78 is 50.7. The summed E-state index contributed by atoms with van der Waals surface area (Å²) in [6, 6.07) is 5.88. The van der Waals surface area contributed by atoms with Crippen LogP contribution >= 0.6 is 0 Å². The third kappa shape index (κ3) is 2.35. The smallest absolute Gasteiger partial charge is 0.399 e. The summed E-state index contributed by atoms with van der Waals surface area (Å²) in [6.45, 7) is -2.13. The molecule has 0 saturated carbocycles. The highest BCUT2D eigenvalue weighted by Gasteiger charge is 2.29. The van der Waals surface area contributed by atoms with Crippen molar-refractivity contribution in [2.24, 2.45) is 0 Å². The van der Waals surface area contributed by atoms with Crippen LogP contribution in [-0.4, -0.2) is 10.7 Å². The van der Waals surface area contributed by atoms with Crippen LogP contribution in [0.1, 0.15) is 5.69 Å². The molecule has 0 spiro atoms. The number of benzene rings is 1. The molecule has 1 aromatic carbocycles. The number of alkyl halides is 4. The van der Waals surface area contributed by atoms with Gasteiger partial charge in [0, 0.05) is 16.6 Å². The molecule has 0 aliphatic carbocycles. The van der Waals surface area contributed by atoms with E-state index in [1.807, 2.05) is 0 Å². The number of nitrogen functional groups attached to an aromatic ring is 1. The lowest BCUT2D eigenvalue weighted by Gasteiger charge is -2.11. The lowest BCUT2D eigenvalue weighted by atomic mass is 10.2. The van der Waals surface area contributed by atoms with E-state index in [0.29, 0.717) is 16.6 Å². The fourth-order valence-corrected chi connectivity index (χ4v) is 1.82. The summed E-state index contributed by atoms with van der Waals surface area (Å²) >= 11 is 0. The van der Waals surface area contributed by atoms with Crippen LogP contribution in [0.4, 0.5) is 23.2 Å². The van der Waals surface area contributed by atoms with Crippen LogP contribution in [0.2, 0.25) is 0 Å². The lowest BCUT2D eigenvalue weighted by Crippen LogP contribution is -2.18. The van der Waals surface area contributed by atoms with Crippen LogP contribution in [0.3, 0.4) is 0 Å². The van der Waals surface area contributed by atoms with E-state index in [1.165, 1.54) is 24.3 Å². The molecular weight excluding hydrogens is 236 g/mol. The second kappa shape index (κ2) is 3.94. The Morgan fingerprint density at radius 1 is 1.18 bits per heavy atom. The van der Waals surface area contributed by atoms with Gasteiger partial charge in [-0.3, -0.25) is 0 Å². The Morgan fingerprint density at radius 3 is 2.47 bits per heavy atom. The molecule has 0 saturated heterocycles. The van der Waals surface area contributed by atoms with Crippen molar-refractivity contribution >= 4 is 16.6 Å². The van der Waals surface area contributed by atoms with Crippen molar-refractivity contribution < 1.29 is 17.6 Å². The zero-order valence-electron chi connectivity index (χ0n) is 8.76. The van der Waals surface area contributed by atoms with E-state index in [9.17, 15) is 17.6 Å². The first kappa shape index (κ1) is 11.8. The molecule has 2 rings (SSSR count). The van der Waals surface area contributed by atoms with Crippen molar-refractivity contribution in [3.05, 3.63) is 30.0 Å². The maximum atomic E-state index is 12.7. The molecule has 0 bridgehead atoms. The van der Waals surface area contributed by atoms with Crippen LogP contribution in [0.5, 0.6) is 0 Å². The van der Waals surface area contributed by atoms with Gasteiger partial charge in [0.25, 0.3) is 0 Å². The maximum Gasteiger partial charge on any atom is 0.406 e. The van der Waals surface area contributed by atoms with Crippen LogP contribution in [-0.2, 0) is 13.2 Å². The Bertz CT molecular complexity index is 542. The zero-order valence-corrected chi connectivity index (χ0v) is 8.76. The Balaban J connectivity index is 2.58. The molecule has 2 aromatic rings. The first-order valence-electron chi connectivity index (χ1n) is 4.91. The van der Waals surface area contributed by atoms with Gasteiger partial charge in [-0.05, 0) is 24.3 Å². The molecule has 0 atom stereocenters. The highest BCUT2D eigenvalue weighted by molar-refractivity contribution is 5.84. The predicted molar refractivity (Wildman–Crippen MR) is 57.2 cm³/mol. The number of hydrogen-bond acceptors (Lipinski definition) is 1. The fourth-order valence-electron chi connectivity index (χ4n) is 1.82. The standard InChI is InChI=1S/C11H10F4N2/c12-5-9-4-7-3-8(16)1-2-10(7)17(9)6-11(13,14)15/h1-4H,5-6,16H2. The topological polar surface area (TPSA) is 30.9 Å². The molecule has 0 radical (unpaired) electrons. The second-order valence-electron chi connectivity index (χ2n) is 3.79. The third-order valence-corrected chi connectivity index (χ3v) is 2.49. The van der Waals surface area contributed by atoms with Crippen molar-refractivity contribution in [3.63, 3.8) is 0 Å². The van der Waals surface area contributed by atoms with E-state index < -0.39 is 19.4 Å². The van der Waals surface area contributed by atoms with E-state index in [0.717, 1.165) is 4.57 Å². The molecule has 2 N–H and O–H groups in total. The number of anilines is 1. The van der Waals surface area contributed by atoms with Gasteiger partial charge in [0.05, 0.1) is 5.69 Å². The van der Waals surface area contributed by atoms with Crippen molar-refractivity contribution in [1.82, 2.24) is 4.57 Å². The zero-order chi connectivity index (χ0) is 12.6. The summed E-state index contributed by atoms with van der Waals surface area (Å²) in [5, 5.41) is 0.516. The third-order valence-electron chi connectivity index (χ3n) is 2.49. The van der Waals surface area contributed by atoms with Gasteiger partial charge >= 0.3 is 6.18 Å². The van der Waals surface area contributed by atoms with Crippen LogP contribution in [0, 0.1) is 0 Å². The van der Waals surface area contributed by atoms with Crippen molar-refractivity contribution in [3.8, 4) is 0 Å². The molecule has 0 fully saturated rings. The average Bonchev–Trinajstić information content (AvgIpc) is 2.53. The maximum absolute atomic E-state index is 12.7. The molecule has 0 amide bonds. The van der Waals surface area contributed by atoms with Crippen molar-refractivity contribution in [2.45, 2.75) is 19.4 Å². The van der Waals surface area contributed by atoms with E-state index in [-0.39, 0.29) is 5.69 Å². The van der Waals surface area contributed by atoms with Gasteiger partial charge in [-0.15, -0.1) is 0 Å². The monoisotopic (exact) mass is 246 g/mol. The molecule has 0 unspecified atom stereocenters. The minimum absolute atomic E-state index is 0.00271. The number of nitrogens with zero attached hydrogens (tertiary/aromatic N) is 1. The first-order valence-corrected chi connectivity index (χ1v) is 4.91. The van der Waals surface area contributed by atoms with Crippen LogP contribution in [0.25, 0.3) is 10.9 Å². The molecule has 17 heavy (non-hydrogen) atoms. The van der Waals surface area contributed by atoms with Gasteiger partial charge in [-0.1, -0.05) is 0 Å². The minimum Gasteiger partial charge on any atom is -0.399 e. The second-order valence-corrected chi connectivity index (χ2v) is 3.79. The Morgan fingerprint density at radius 2 is 1.88 bits per heavy atom. The largest absolute Gasteiger partial charge is 0.406 e. The number of rotatable bonds is 2. The molecule has 0 aliphatic rings. The highest BCUT2D eigenvalue weighted by atomic mass is 19.4. The van der Waals surface area contributed by atoms with Crippen LogP contribution in [0.15, 0.2) is 24.3 Å². The summed E-state index contributed by atoms with van der Waals surface area (Å²) in [6.07, 6.45) is -4.38. The van der Waals surface area contributed by atoms with E-state index in [2.05, 4.69) is 0 Å². The SMILES string of the molecule is Nc1ccc2c(c1)cc(CF)n2CC(F)(F)F. The summed E-state index contributed by atoms with van der Waals surface area (Å²) in [5.41, 5.74) is 6.30. The van der Waals surface area contributed by atoms with Crippen molar-refractivity contribution in [2.75, 3.05) is 5.73 Å². The number of halogens is 4. The predicted octanol–water partition coefficient (Wildman–Crippen LogP) is 3.26. The number of fused-ring (bicyclic) bond motifs is 1. The van der Waals surface area contributed by atoms with Gasteiger partial charge in [-0.2, -0.15) is 13.2 Å². The number of hydrogen-bond donors (Lipinski definition) is 1. The Kier molecular flexibility index (Phi) is 2.73. The molecule has 0 aliphatic heterocycles. The molecule has 1 aromatic heterocycles. The van der Waals surface area contributed by atoms with E-state index in [1.54, 1.807) is 0 Å². The van der Waals surface area contributed by atoms with Gasteiger partial charge in [-0.25, -0.2) is 4.39 Å². The number of nitrogens with two attached hydrogens (primary N) is 1. The van der Waals surface area contributed by atoms with Gasteiger partial charge < -0.3 is 10.3 Å². The quantitative estimate of drug-likeness (QED) is 0.640. The Hall–Kier alpha value is -1.72.